The molecular weight excluding hydrogens is 374 g/mol. The number of sulfonamides is 1. The van der Waals surface area contributed by atoms with Crippen LogP contribution in [-0.4, -0.2) is 26.0 Å². The van der Waals surface area contributed by atoms with Gasteiger partial charge >= 0.3 is 0 Å². The highest BCUT2D eigenvalue weighted by molar-refractivity contribution is 7.91. The number of aromatic nitrogens is 1. The highest BCUT2D eigenvalue weighted by atomic mass is 32.2. The lowest BCUT2D eigenvalue weighted by Crippen LogP contribution is -2.24. The number of nitrogens with one attached hydrogen (secondary N) is 2. The van der Waals surface area contributed by atoms with Crippen molar-refractivity contribution in [1.29, 1.82) is 0 Å². The van der Waals surface area contributed by atoms with Crippen molar-refractivity contribution in [3.63, 3.8) is 0 Å². The monoisotopic (exact) mass is 397 g/mol. The van der Waals surface area contributed by atoms with E-state index in [1.807, 2.05) is 13.8 Å². The summed E-state index contributed by atoms with van der Waals surface area (Å²) in [5.74, 6) is 0.621. The largest absolute Gasteiger partial charge is 0.354 e. The molecule has 26 heavy (non-hydrogen) atoms. The lowest BCUT2D eigenvalue weighted by atomic mass is 10.1. The lowest BCUT2D eigenvalue weighted by molar-refractivity contribution is -0.114. The van der Waals surface area contributed by atoms with Gasteiger partial charge in [0.25, 0.3) is 0 Å². The standard InChI is InChI=1S/C17H23N3O4S2/c1-11(2)9-10-18-26(22,23)16-8-6-14(25-16)5-7-15-17(19-13(4)21)12(3)20-24-15/h5-8,11,18H,9-10H2,1-4H3,(H,19,21)/b7-5+. The summed E-state index contributed by atoms with van der Waals surface area (Å²) < 4.78 is 32.6. The van der Waals surface area contributed by atoms with Crippen LogP contribution < -0.4 is 10.0 Å². The second-order valence-electron chi connectivity index (χ2n) is 6.26. The summed E-state index contributed by atoms with van der Waals surface area (Å²) in [6.45, 7) is 7.64. The summed E-state index contributed by atoms with van der Waals surface area (Å²) >= 11 is 1.16. The lowest BCUT2D eigenvalue weighted by Gasteiger charge is -2.06. The summed E-state index contributed by atoms with van der Waals surface area (Å²) in [6.07, 6.45) is 4.16. The molecule has 0 radical (unpaired) electrons. The molecule has 9 heteroatoms. The van der Waals surface area contributed by atoms with Crippen LogP contribution in [0, 0.1) is 12.8 Å². The van der Waals surface area contributed by atoms with E-state index >= 15 is 0 Å². The highest BCUT2D eigenvalue weighted by Gasteiger charge is 2.16. The minimum atomic E-state index is -3.50. The molecule has 0 saturated heterocycles. The Balaban J connectivity index is 2.11. The molecule has 0 bridgehead atoms. The van der Waals surface area contributed by atoms with E-state index < -0.39 is 10.0 Å². The van der Waals surface area contributed by atoms with Crippen molar-refractivity contribution in [2.24, 2.45) is 5.92 Å². The number of hydrogen-bond acceptors (Lipinski definition) is 6. The normalized spacial score (nSPS) is 12.2. The Morgan fingerprint density at radius 2 is 2.08 bits per heavy atom. The van der Waals surface area contributed by atoms with Crippen LogP contribution in [0.2, 0.25) is 0 Å². The van der Waals surface area contributed by atoms with Crippen LogP contribution in [0.5, 0.6) is 0 Å². The second-order valence-corrected chi connectivity index (χ2v) is 9.37. The van der Waals surface area contributed by atoms with Crippen molar-refractivity contribution in [1.82, 2.24) is 9.88 Å². The summed E-state index contributed by atoms with van der Waals surface area (Å²) in [5, 5.41) is 6.50. The highest BCUT2D eigenvalue weighted by Crippen LogP contribution is 2.26. The molecule has 2 aromatic rings. The molecular formula is C17H23N3O4S2. The van der Waals surface area contributed by atoms with E-state index in [1.54, 1.807) is 31.2 Å². The second kappa shape index (κ2) is 8.61. The topological polar surface area (TPSA) is 101 Å². The van der Waals surface area contributed by atoms with Gasteiger partial charge in [-0.15, -0.1) is 11.3 Å². The molecule has 142 valence electrons. The fraction of sp³-hybridized carbons (Fsp3) is 0.412. The molecule has 0 aliphatic rings. The predicted octanol–water partition coefficient (Wildman–Crippen LogP) is 3.50. The van der Waals surface area contributed by atoms with Crippen LogP contribution in [-0.2, 0) is 14.8 Å². The zero-order chi connectivity index (χ0) is 19.3. The molecule has 0 unspecified atom stereocenters. The third-order valence-electron chi connectivity index (χ3n) is 3.47. The molecule has 0 fully saturated rings. The van der Waals surface area contributed by atoms with Gasteiger partial charge in [-0.05, 0) is 43.5 Å². The first-order valence-electron chi connectivity index (χ1n) is 8.20. The molecule has 2 heterocycles. The van der Waals surface area contributed by atoms with Gasteiger partial charge < -0.3 is 9.84 Å². The van der Waals surface area contributed by atoms with Gasteiger partial charge in [-0.1, -0.05) is 19.0 Å². The third kappa shape index (κ3) is 5.52. The average Bonchev–Trinajstić information content (AvgIpc) is 3.13. The van der Waals surface area contributed by atoms with E-state index in [-0.39, 0.29) is 10.1 Å². The van der Waals surface area contributed by atoms with Crippen LogP contribution in [0.15, 0.2) is 20.9 Å². The van der Waals surface area contributed by atoms with Gasteiger partial charge in [-0.2, -0.15) is 0 Å². The fourth-order valence-electron chi connectivity index (χ4n) is 2.11. The van der Waals surface area contributed by atoms with Crippen molar-refractivity contribution < 1.29 is 17.7 Å². The number of anilines is 1. The number of aryl methyl sites for hydroxylation is 1. The number of carbonyl (C=O) groups excluding carboxylic acids is 1. The maximum Gasteiger partial charge on any atom is 0.250 e. The Hall–Kier alpha value is -1.97. The molecule has 0 aliphatic carbocycles. The van der Waals surface area contributed by atoms with Crippen LogP contribution in [0.25, 0.3) is 12.2 Å². The minimum absolute atomic E-state index is 0.220. The zero-order valence-corrected chi connectivity index (χ0v) is 16.8. The van der Waals surface area contributed by atoms with Gasteiger partial charge in [0.1, 0.15) is 15.6 Å². The van der Waals surface area contributed by atoms with Gasteiger partial charge in [0, 0.05) is 18.3 Å². The van der Waals surface area contributed by atoms with E-state index in [9.17, 15) is 13.2 Å². The van der Waals surface area contributed by atoms with Gasteiger partial charge in [0.2, 0.25) is 15.9 Å². The molecule has 2 N–H and O–H groups in total. The first-order valence-corrected chi connectivity index (χ1v) is 10.5. The summed E-state index contributed by atoms with van der Waals surface area (Å²) in [6, 6.07) is 3.29. The molecule has 0 aromatic carbocycles. The van der Waals surface area contributed by atoms with E-state index in [1.165, 1.54) is 6.92 Å². The Morgan fingerprint density at radius 1 is 1.35 bits per heavy atom. The van der Waals surface area contributed by atoms with E-state index in [2.05, 4.69) is 15.2 Å². The molecule has 2 rings (SSSR count). The van der Waals surface area contributed by atoms with E-state index in [4.69, 9.17) is 4.52 Å². The Morgan fingerprint density at radius 3 is 2.73 bits per heavy atom. The van der Waals surface area contributed by atoms with Crippen LogP contribution in [0.3, 0.4) is 0 Å². The van der Waals surface area contributed by atoms with Crippen molar-refractivity contribution in [2.45, 2.75) is 38.3 Å². The van der Waals surface area contributed by atoms with Gasteiger partial charge in [-0.3, -0.25) is 4.79 Å². The number of carbonyl (C=O) groups is 1. The first-order chi connectivity index (χ1) is 12.2. The Labute approximate surface area is 157 Å². The van der Waals surface area contributed by atoms with Crippen LogP contribution >= 0.6 is 11.3 Å². The number of nitrogens with zero attached hydrogens (tertiary/aromatic N) is 1. The maximum absolute atomic E-state index is 12.3. The van der Waals surface area contributed by atoms with Gasteiger partial charge in [-0.25, -0.2) is 13.1 Å². The fourth-order valence-corrected chi connectivity index (χ4v) is 4.43. The van der Waals surface area contributed by atoms with Crippen molar-refractivity contribution in [3.8, 4) is 0 Å². The van der Waals surface area contributed by atoms with E-state index in [0.717, 1.165) is 22.6 Å². The maximum atomic E-state index is 12.3. The van der Waals surface area contributed by atoms with Crippen LogP contribution in [0.4, 0.5) is 5.69 Å². The molecule has 0 aliphatic heterocycles. The van der Waals surface area contributed by atoms with Gasteiger partial charge in [0.15, 0.2) is 5.76 Å². The van der Waals surface area contributed by atoms with Crippen LogP contribution in [0.1, 0.15) is 43.5 Å². The van der Waals surface area contributed by atoms with Crippen molar-refractivity contribution in [3.05, 3.63) is 28.5 Å². The average molecular weight is 398 g/mol. The molecule has 2 aromatic heterocycles. The van der Waals surface area contributed by atoms with Crippen molar-refractivity contribution in [2.75, 3.05) is 11.9 Å². The number of amides is 1. The molecule has 0 atom stereocenters. The summed E-state index contributed by atoms with van der Waals surface area (Å²) in [5.41, 5.74) is 1.08. The number of hydrogen-bond donors (Lipinski definition) is 2. The molecule has 7 nitrogen and oxygen atoms in total. The quantitative estimate of drug-likeness (QED) is 0.710. The summed E-state index contributed by atoms with van der Waals surface area (Å²) in [7, 11) is -3.50. The summed E-state index contributed by atoms with van der Waals surface area (Å²) in [4.78, 5) is 12.0. The molecule has 1 amide bonds. The Bertz CT molecular complexity index is 895. The SMILES string of the molecule is CC(=O)Nc1c(C)noc1/C=C/c1ccc(S(=O)(=O)NCCC(C)C)s1. The number of rotatable bonds is 8. The predicted molar refractivity (Wildman–Crippen MR) is 103 cm³/mol. The van der Waals surface area contributed by atoms with Crippen molar-refractivity contribution >= 4 is 45.1 Å². The zero-order valence-electron chi connectivity index (χ0n) is 15.2. The third-order valence-corrected chi connectivity index (χ3v) is 6.47. The number of thiophene rings is 1. The smallest absolute Gasteiger partial charge is 0.250 e. The first kappa shape index (κ1) is 20.3. The molecule has 0 saturated carbocycles. The van der Waals surface area contributed by atoms with E-state index in [0.29, 0.717) is 29.6 Å². The minimum Gasteiger partial charge on any atom is -0.354 e. The van der Waals surface area contributed by atoms with Gasteiger partial charge in [0.05, 0.1) is 0 Å². The molecule has 0 spiro atoms. The Kier molecular flexibility index (Phi) is 6.74.